The third-order valence-electron chi connectivity index (χ3n) is 4.31. The Labute approximate surface area is 125 Å². The first-order valence-electron chi connectivity index (χ1n) is 7.76. The first-order valence-corrected chi connectivity index (χ1v) is 7.76. The molecule has 0 amide bonds. The summed E-state index contributed by atoms with van der Waals surface area (Å²) < 4.78 is 15.0. The van der Waals surface area contributed by atoms with Crippen molar-refractivity contribution in [1.29, 1.82) is 0 Å². The maximum atomic E-state index is 12.9. The van der Waals surface area contributed by atoms with Crippen LogP contribution < -0.4 is 5.32 Å². The third kappa shape index (κ3) is 3.91. The molecule has 1 aliphatic carbocycles. The predicted molar refractivity (Wildman–Crippen MR) is 81.6 cm³/mol. The van der Waals surface area contributed by atoms with Gasteiger partial charge in [-0.3, -0.25) is 0 Å². The lowest BCUT2D eigenvalue weighted by atomic mass is 9.76. The Morgan fingerprint density at radius 3 is 2.71 bits per heavy atom. The Hall–Kier alpha value is -1.68. The van der Waals surface area contributed by atoms with Crippen molar-refractivity contribution in [3.05, 3.63) is 54.4 Å². The van der Waals surface area contributed by atoms with Gasteiger partial charge in [0.15, 0.2) is 0 Å². The molecule has 1 heterocycles. The number of benzene rings is 1. The standard InChI is InChI=1S/C17H22FN3/c18-16-5-3-14(4-6-16)15-11-17(12-15)20-7-1-2-9-21-10-8-19-13-21/h3-6,8,10,13,15,17,20H,1-2,7,9,11-12H2. The monoisotopic (exact) mass is 287 g/mol. The minimum atomic E-state index is -0.148. The number of aromatic nitrogens is 2. The average Bonchev–Trinajstić information content (AvgIpc) is 2.95. The van der Waals surface area contributed by atoms with Gasteiger partial charge in [-0.15, -0.1) is 0 Å². The smallest absolute Gasteiger partial charge is 0.123 e. The number of hydrogen-bond acceptors (Lipinski definition) is 2. The molecular formula is C17H22FN3. The summed E-state index contributed by atoms with van der Waals surface area (Å²) in [5.41, 5.74) is 1.27. The Kier molecular flexibility index (Phi) is 4.65. The minimum absolute atomic E-state index is 0.148. The summed E-state index contributed by atoms with van der Waals surface area (Å²) in [4.78, 5) is 4.04. The van der Waals surface area contributed by atoms with Crippen molar-refractivity contribution in [3.8, 4) is 0 Å². The number of nitrogens with one attached hydrogen (secondary N) is 1. The summed E-state index contributed by atoms with van der Waals surface area (Å²) in [7, 11) is 0. The summed E-state index contributed by atoms with van der Waals surface area (Å²) in [6.07, 6.45) is 10.4. The fourth-order valence-electron chi connectivity index (χ4n) is 2.94. The quantitative estimate of drug-likeness (QED) is 0.792. The molecule has 0 saturated heterocycles. The van der Waals surface area contributed by atoms with Crippen LogP contribution in [0.5, 0.6) is 0 Å². The fraction of sp³-hybridized carbons (Fsp3) is 0.471. The van der Waals surface area contributed by atoms with Crippen LogP contribution in [0.1, 0.15) is 37.2 Å². The van der Waals surface area contributed by atoms with E-state index in [1.54, 1.807) is 12.1 Å². The molecule has 4 heteroatoms. The van der Waals surface area contributed by atoms with Crippen molar-refractivity contribution in [2.24, 2.45) is 0 Å². The highest BCUT2D eigenvalue weighted by Gasteiger charge is 2.29. The molecule has 3 nitrogen and oxygen atoms in total. The van der Waals surface area contributed by atoms with Gasteiger partial charge in [0.25, 0.3) is 0 Å². The zero-order chi connectivity index (χ0) is 14.5. The van der Waals surface area contributed by atoms with Crippen LogP contribution in [-0.2, 0) is 6.54 Å². The minimum Gasteiger partial charge on any atom is -0.337 e. The van der Waals surface area contributed by atoms with E-state index in [1.807, 2.05) is 30.9 Å². The van der Waals surface area contributed by atoms with Crippen LogP contribution in [0.3, 0.4) is 0 Å². The van der Waals surface area contributed by atoms with Crippen molar-refractivity contribution in [3.63, 3.8) is 0 Å². The van der Waals surface area contributed by atoms with Gasteiger partial charge < -0.3 is 9.88 Å². The van der Waals surface area contributed by atoms with Crippen molar-refractivity contribution < 1.29 is 4.39 Å². The van der Waals surface area contributed by atoms with Gasteiger partial charge in [0.2, 0.25) is 0 Å². The second-order valence-electron chi connectivity index (χ2n) is 5.88. The van der Waals surface area contributed by atoms with E-state index in [4.69, 9.17) is 0 Å². The van der Waals surface area contributed by atoms with Crippen LogP contribution in [-0.4, -0.2) is 22.1 Å². The Morgan fingerprint density at radius 1 is 1.19 bits per heavy atom. The molecule has 0 spiro atoms. The van der Waals surface area contributed by atoms with Crippen molar-refractivity contribution in [2.75, 3.05) is 6.54 Å². The molecule has 1 aliphatic rings. The van der Waals surface area contributed by atoms with E-state index in [9.17, 15) is 4.39 Å². The van der Waals surface area contributed by atoms with Gasteiger partial charge in [-0.05, 0) is 55.8 Å². The van der Waals surface area contributed by atoms with Crippen LogP contribution in [0, 0.1) is 5.82 Å². The Balaban J connectivity index is 1.28. The lowest BCUT2D eigenvalue weighted by Crippen LogP contribution is -2.40. The van der Waals surface area contributed by atoms with E-state index in [0.29, 0.717) is 12.0 Å². The maximum absolute atomic E-state index is 12.9. The Morgan fingerprint density at radius 2 is 2.00 bits per heavy atom. The molecule has 0 bridgehead atoms. The summed E-state index contributed by atoms with van der Waals surface area (Å²) in [6.45, 7) is 2.13. The van der Waals surface area contributed by atoms with E-state index < -0.39 is 0 Å². The molecule has 2 aromatic rings. The Bertz CT molecular complexity index is 530. The number of unbranched alkanes of at least 4 members (excludes halogenated alkanes) is 1. The van der Waals surface area contributed by atoms with Gasteiger partial charge >= 0.3 is 0 Å². The normalized spacial score (nSPS) is 21.2. The number of hydrogen-bond donors (Lipinski definition) is 1. The van der Waals surface area contributed by atoms with Crippen LogP contribution >= 0.6 is 0 Å². The molecule has 1 aromatic carbocycles. The molecule has 0 unspecified atom stereocenters. The van der Waals surface area contributed by atoms with Gasteiger partial charge in [0.05, 0.1) is 6.33 Å². The molecule has 0 aliphatic heterocycles. The average molecular weight is 287 g/mol. The number of rotatable bonds is 7. The highest BCUT2D eigenvalue weighted by atomic mass is 19.1. The van der Waals surface area contributed by atoms with Gasteiger partial charge in [0, 0.05) is 25.0 Å². The molecule has 1 aromatic heterocycles. The molecule has 1 saturated carbocycles. The number of aryl methyl sites for hydroxylation is 1. The van der Waals surface area contributed by atoms with Crippen molar-refractivity contribution >= 4 is 0 Å². The summed E-state index contributed by atoms with van der Waals surface area (Å²) in [5, 5.41) is 3.61. The van der Waals surface area contributed by atoms with Gasteiger partial charge in [-0.1, -0.05) is 12.1 Å². The maximum Gasteiger partial charge on any atom is 0.123 e. The lowest BCUT2D eigenvalue weighted by Gasteiger charge is -2.36. The fourth-order valence-corrected chi connectivity index (χ4v) is 2.94. The molecule has 1 N–H and O–H groups in total. The molecule has 1 fully saturated rings. The molecule has 3 rings (SSSR count). The third-order valence-corrected chi connectivity index (χ3v) is 4.31. The van der Waals surface area contributed by atoms with E-state index in [-0.39, 0.29) is 5.82 Å². The van der Waals surface area contributed by atoms with Gasteiger partial charge in [-0.25, -0.2) is 9.37 Å². The molecule has 0 radical (unpaired) electrons. The molecule has 112 valence electrons. The number of nitrogens with zero attached hydrogens (tertiary/aromatic N) is 2. The molecular weight excluding hydrogens is 265 g/mol. The van der Waals surface area contributed by atoms with Gasteiger partial charge in [0.1, 0.15) is 5.82 Å². The molecule has 0 atom stereocenters. The first-order chi connectivity index (χ1) is 10.3. The van der Waals surface area contributed by atoms with E-state index >= 15 is 0 Å². The van der Waals surface area contributed by atoms with Gasteiger partial charge in [-0.2, -0.15) is 0 Å². The van der Waals surface area contributed by atoms with Crippen LogP contribution in [0.2, 0.25) is 0 Å². The largest absolute Gasteiger partial charge is 0.337 e. The first kappa shape index (κ1) is 14.3. The summed E-state index contributed by atoms with van der Waals surface area (Å²) in [6, 6.07) is 7.59. The van der Waals surface area contributed by atoms with E-state index in [1.165, 1.54) is 31.2 Å². The number of halogens is 1. The van der Waals surface area contributed by atoms with Crippen LogP contribution in [0.25, 0.3) is 0 Å². The molecule has 21 heavy (non-hydrogen) atoms. The lowest BCUT2D eigenvalue weighted by molar-refractivity contribution is 0.289. The highest BCUT2D eigenvalue weighted by Crippen LogP contribution is 2.36. The van der Waals surface area contributed by atoms with Crippen LogP contribution in [0.15, 0.2) is 43.0 Å². The number of imidazole rings is 1. The van der Waals surface area contributed by atoms with E-state index in [2.05, 4.69) is 14.9 Å². The zero-order valence-electron chi connectivity index (χ0n) is 12.2. The predicted octanol–water partition coefficient (Wildman–Crippen LogP) is 3.34. The topological polar surface area (TPSA) is 29.9 Å². The zero-order valence-corrected chi connectivity index (χ0v) is 12.2. The highest BCUT2D eigenvalue weighted by molar-refractivity contribution is 5.23. The van der Waals surface area contributed by atoms with Crippen molar-refractivity contribution in [1.82, 2.24) is 14.9 Å². The van der Waals surface area contributed by atoms with Crippen molar-refractivity contribution in [2.45, 2.75) is 44.2 Å². The van der Waals surface area contributed by atoms with E-state index in [0.717, 1.165) is 13.1 Å². The second kappa shape index (κ2) is 6.85. The van der Waals surface area contributed by atoms with Crippen LogP contribution in [0.4, 0.5) is 4.39 Å². The SMILES string of the molecule is Fc1ccc(C2CC(NCCCCn3ccnc3)C2)cc1. The second-order valence-corrected chi connectivity index (χ2v) is 5.88. The summed E-state index contributed by atoms with van der Waals surface area (Å²) in [5.74, 6) is 0.458. The summed E-state index contributed by atoms with van der Waals surface area (Å²) >= 11 is 0.